The number of nitrogens with zero attached hydrogens (tertiary/aromatic N) is 4. The number of halogens is 2. The van der Waals surface area contributed by atoms with E-state index < -0.39 is 29.5 Å². The Morgan fingerprint density at radius 1 is 1.21 bits per heavy atom. The van der Waals surface area contributed by atoms with Gasteiger partial charge >= 0.3 is 18.3 Å². The lowest BCUT2D eigenvalue weighted by Crippen LogP contribution is -2.40. The number of rotatable bonds is 5. The number of carbonyl (C=O) groups excluding carboxylic acids is 2. The first kappa shape index (κ1) is 28.1. The Kier molecular flexibility index (Phi) is 8.77. The highest BCUT2D eigenvalue weighted by atomic mass is 127. The number of pyridine rings is 1. The van der Waals surface area contributed by atoms with Crippen LogP contribution in [0.2, 0.25) is 0 Å². The van der Waals surface area contributed by atoms with Gasteiger partial charge in [-0.1, -0.05) is 0 Å². The average molecular weight is 654 g/mol. The van der Waals surface area contributed by atoms with E-state index >= 15 is 0 Å². The summed E-state index contributed by atoms with van der Waals surface area (Å²) in [7, 11) is 0. The Labute approximate surface area is 219 Å². The molecule has 0 aliphatic heterocycles. The summed E-state index contributed by atoms with van der Waals surface area (Å²) in [4.78, 5) is 41.3. The van der Waals surface area contributed by atoms with Crippen LogP contribution in [0.3, 0.4) is 0 Å². The first-order chi connectivity index (χ1) is 15.5. The van der Waals surface area contributed by atoms with Crippen molar-refractivity contribution in [2.24, 2.45) is 0 Å². The predicted molar refractivity (Wildman–Crippen MR) is 138 cm³/mol. The Bertz CT molecular complexity index is 1090. The summed E-state index contributed by atoms with van der Waals surface area (Å²) in [6, 6.07) is -0.218. The van der Waals surface area contributed by atoms with Crippen LogP contribution in [-0.4, -0.2) is 55.4 Å². The third kappa shape index (κ3) is 7.42. The molecular weight excluding hydrogens is 625 g/mol. The van der Waals surface area contributed by atoms with E-state index in [1.54, 1.807) is 46.2 Å². The number of ether oxygens (including phenoxy) is 2. The maximum atomic E-state index is 12.7. The van der Waals surface area contributed by atoms with E-state index in [1.165, 1.54) is 6.20 Å². The number of amides is 3. The summed E-state index contributed by atoms with van der Waals surface area (Å²) in [6.45, 7) is 12.5. The maximum absolute atomic E-state index is 12.7. The predicted octanol–water partition coefficient (Wildman–Crippen LogP) is 5.52. The molecule has 0 saturated heterocycles. The van der Waals surface area contributed by atoms with Crippen LogP contribution in [-0.2, 0) is 16.0 Å². The third-order valence-corrected chi connectivity index (χ3v) is 5.52. The van der Waals surface area contributed by atoms with Gasteiger partial charge in [-0.2, -0.15) is 10.00 Å². The van der Waals surface area contributed by atoms with Crippen LogP contribution in [0.4, 0.5) is 20.2 Å². The standard InChI is InChI=1S/C21H29BrIN5O6/c1-11(25-17(29)33-20(2,3)4)8-9-27-14-12(23)10-24-16(13(14)15(22)26-27)28(18(30)31)19(32)34-21(5,6)7/h10-11H,8-9H2,1-7H3,(H,25,29)(H,30,31)/t11-/m1/s1. The first-order valence-corrected chi connectivity index (χ1v) is 12.3. The molecule has 1 atom stereocenters. The van der Waals surface area contributed by atoms with Crippen LogP contribution in [0, 0.1) is 3.57 Å². The van der Waals surface area contributed by atoms with Crippen molar-refractivity contribution in [2.75, 3.05) is 4.90 Å². The van der Waals surface area contributed by atoms with Gasteiger partial charge in [-0.3, -0.25) is 4.68 Å². The lowest BCUT2D eigenvalue weighted by molar-refractivity contribution is 0.0503. The van der Waals surface area contributed by atoms with Gasteiger partial charge in [0.15, 0.2) is 5.82 Å². The van der Waals surface area contributed by atoms with E-state index in [9.17, 15) is 19.5 Å². The van der Waals surface area contributed by atoms with Gasteiger partial charge in [0.25, 0.3) is 0 Å². The van der Waals surface area contributed by atoms with Gasteiger partial charge in [0.2, 0.25) is 0 Å². The quantitative estimate of drug-likeness (QED) is 0.403. The lowest BCUT2D eigenvalue weighted by Gasteiger charge is -2.24. The molecule has 2 heterocycles. The number of imide groups is 1. The van der Waals surface area contributed by atoms with Crippen LogP contribution < -0.4 is 10.2 Å². The summed E-state index contributed by atoms with van der Waals surface area (Å²) >= 11 is 5.44. The number of aryl methyl sites for hydroxylation is 1. The highest BCUT2D eigenvalue weighted by molar-refractivity contribution is 14.1. The fourth-order valence-corrected chi connectivity index (χ4v) is 4.15. The summed E-state index contributed by atoms with van der Waals surface area (Å²) < 4.78 is 13.2. The molecule has 34 heavy (non-hydrogen) atoms. The number of hydrogen-bond donors (Lipinski definition) is 2. The number of aromatic nitrogens is 3. The molecule has 2 rings (SSSR count). The zero-order chi connectivity index (χ0) is 26.0. The topological polar surface area (TPSA) is 136 Å². The van der Waals surface area contributed by atoms with Gasteiger partial charge in [0.1, 0.15) is 15.8 Å². The van der Waals surface area contributed by atoms with Crippen LogP contribution >= 0.6 is 38.5 Å². The molecule has 2 aromatic heterocycles. The highest BCUT2D eigenvalue weighted by Crippen LogP contribution is 2.35. The van der Waals surface area contributed by atoms with Gasteiger partial charge in [0.05, 0.1) is 14.5 Å². The van der Waals surface area contributed by atoms with E-state index in [0.717, 1.165) is 0 Å². The first-order valence-electron chi connectivity index (χ1n) is 10.5. The molecule has 0 bridgehead atoms. The molecule has 0 aromatic carbocycles. The van der Waals surface area contributed by atoms with Crippen molar-refractivity contribution < 1.29 is 29.0 Å². The largest absolute Gasteiger partial charge is 0.464 e. The lowest BCUT2D eigenvalue weighted by atomic mass is 10.2. The number of alkyl carbamates (subject to hydrolysis) is 1. The van der Waals surface area contributed by atoms with Crippen molar-refractivity contribution in [2.45, 2.75) is 78.7 Å². The second-order valence-corrected chi connectivity index (χ2v) is 11.5. The number of carboxylic acid groups (broad SMARTS) is 1. The zero-order valence-electron chi connectivity index (χ0n) is 20.1. The molecule has 13 heteroatoms. The summed E-state index contributed by atoms with van der Waals surface area (Å²) in [5, 5.41) is 17.4. The van der Waals surface area contributed by atoms with E-state index in [1.807, 2.05) is 6.92 Å². The number of carbonyl (C=O) groups is 3. The van der Waals surface area contributed by atoms with Crippen molar-refractivity contribution in [3.05, 3.63) is 14.4 Å². The number of fused-ring (bicyclic) bond motifs is 1. The van der Waals surface area contributed by atoms with E-state index in [0.29, 0.717) is 36.9 Å². The molecule has 0 fully saturated rings. The summed E-state index contributed by atoms with van der Waals surface area (Å²) in [5.41, 5.74) is -0.903. The molecule has 0 spiro atoms. The van der Waals surface area contributed by atoms with Crippen molar-refractivity contribution in [1.82, 2.24) is 20.1 Å². The van der Waals surface area contributed by atoms with Crippen molar-refractivity contribution >= 4 is 73.5 Å². The molecule has 0 aliphatic rings. The highest BCUT2D eigenvalue weighted by Gasteiger charge is 2.33. The zero-order valence-corrected chi connectivity index (χ0v) is 23.8. The van der Waals surface area contributed by atoms with Crippen LogP contribution in [0.5, 0.6) is 0 Å². The fourth-order valence-electron chi connectivity index (χ4n) is 2.91. The molecular formula is C21H29BrIN5O6. The van der Waals surface area contributed by atoms with E-state index in [4.69, 9.17) is 9.47 Å². The molecule has 2 N–H and O–H groups in total. The SMILES string of the molecule is C[C@H](CCn1nc(Br)c2c(N(C(=O)O)C(=O)OC(C)(C)C)ncc(I)c21)NC(=O)OC(C)(C)C. The monoisotopic (exact) mass is 653 g/mol. The average Bonchev–Trinajstić information content (AvgIpc) is 2.96. The van der Waals surface area contributed by atoms with Crippen molar-refractivity contribution in [3.63, 3.8) is 0 Å². The molecule has 0 aliphatic carbocycles. The van der Waals surface area contributed by atoms with Crippen molar-refractivity contribution in [3.8, 4) is 0 Å². The molecule has 3 amide bonds. The smallest absolute Gasteiger partial charge is 0.425 e. The minimum Gasteiger partial charge on any atom is -0.464 e. The number of anilines is 1. The molecule has 0 radical (unpaired) electrons. The Morgan fingerprint density at radius 3 is 2.32 bits per heavy atom. The summed E-state index contributed by atoms with van der Waals surface area (Å²) in [6.07, 6.45) is -1.12. The van der Waals surface area contributed by atoms with Gasteiger partial charge < -0.3 is 19.9 Å². The Morgan fingerprint density at radius 2 is 1.79 bits per heavy atom. The minimum absolute atomic E-state index is 0.116. The maximum Gasteiger partial charge on any atom is 0.425 e. The second kappa shape index (κ2) is 10.6. The fraction of sp³-hybridized carbons (Fsp3) is 0.571. The van der Waals surface area contributed by atoms with Gasteiger partial charge in [-0.15, -0.1) is 0 Å². The minimum atomic E-state index is -1.53. The molecule has 2 aromatic rings. The molecule has 188 valence electrons. The molecule has 0 saturated carbocycles. The normalized spacial score (nSPS) is 12.9. The molecule has 0 unspecified atom stereocenters. The van der Waals surface area contributed by atoms with E-state index in [2.05, 4.69) is 53.9 Å². The van der Waals surface area contributed by atoms with Gasteiger partial charge in [-0.05, 0) is 93.4 Å². The third-order valence-electron chi connectivity index (χ3n) is 4.18. The summed E-state index contributed by atoms with van der Waals surface area (Å²) in [5.74, 6) is -0.116. The van der Waals surface area contributed by atoms with Crippen molar-refractivity contribution in [1.29, 1.82) is 0 Å². The van der Waals surface area contributed by atoms with E-state index in [-0.39, 0.29) is 11.9 Å². The second-order valence-electron chi connectivity index (χ2n) is 9.60. The van der Waals surface area contributed by atoms with Gasteiger partial charge in [0, 0.05) is 18.8 Å². The van der Waals surface area contributed by atoms with Gasteiger partial charge in [-0.25, -0.2) is 19.4 Å². The Balaban J connectivity index is 2.36. The number of hydrogen-bond acceptors (Lipinski definition) is 7. The van der Waals surface area contributed by atoms with Crippen LogP contribution in [0.1, 0.15) is 54.9 Å². The number of nitrogens with one attached hydrogen (secondary N) is 1. The van der Waals surface area contributed by atoms with Crippen LogP contribution in [0.25, 0.3) is 10.9 Å². The Hall–Kier alpha value is -2.16. The molecule has 11 nitrogen and oxygen atoms in total. The van der Waals surface area contributed by atoms with Crippen LogP contribution in [0.15, 0.2) is 10.8 Å².